The third kappa shape index (κ3) is 3.18. The summed E-state index contributed by atoms with van der Waals surface area (Å²) >= 11 is 0. The highest BCUT2D eigenvalue weighted by Gasteiger charge is 2.42. The summed E-state index contributed by atoms with van der Waals surface area (Å²) in [6, 6.07) is 20.3. The zero-order valence-electron chi connectivity index (χ0n) is 16.6. The molecular weight excluding hydrogens is 360 g/mol. The van der Waals surface area contributed by atoms with E-state index in [1.807, 2.05) is 41.3 Å². The molecule has 2 aliphatic rings. The molecule has 0 atom stereocenters. The Morgan fingerprint density at radius 1 is 1.00 bits per heavy atom. The van der Waals surface area contributed by atoms with Gasteiger partial charge in [-0.05, 0) is 59.9 Å². The van der Waals surface area contributed by atoms with Gasteiger partial charge in [0.25, 0.3) is 5.91 Å². The summed E-state index contributed by atoms with van der Waals surface area (Å²) in [6.07, 6.45) is 4.32. The predicted octanol–water partition coefficient (Wildman–Crippen LogP) is 4.53. The molecule has 148 valence electrons. The Morgan fingerprint density at radius 2 is 1.79 bits per heavy atom. The fourth-order valence-corrected chi connectivity index (χ4v) is 4.99. The first-order chi connectivity index (χ1) is 14.2. The molecule has 1 aromatic heterocycles. The Morgan fingerprint density at radius 3 is 2.55 bits per heavy atom. The van der Waals surface area contributed by atoms with Crippen LogP contribution in [0.5, 0.6) is 0 Å². The van der Waals surface area contributed by atoms with E-state index in [0.717, 1.165) is 43.7 Å². The minimum atomic E-state index is -0.00374. The zero-order chi connectivity index (χ0) is 19.8. The van der Waals surface area contributed by atoms with Gasteiger partial charge in [-0.15, -0.1) is 0 Å². The molecule has 0 saturated carbocycles. The fraction of sp³-hybridized carbons (Fsp3) is 0.320. The number of rotatable bonds is 3. The summed E-state index contributed by atoms with van der Waals surface area (Å²) in [7, 11) is 0. The van der Waals surface area contributed by atoms with Crippen molar-refractivity contribution in [3.8, 4) is 11.3 Å². The topological polar surface area (TPSA) is 59.5 Å². The summed E-state index contributed by atoms with van der Waals surface area (Å²) in [6.45, 7) is 2.12. The highest BCUT2D eigenvalue weighted by molar-refractivity contribution is 5.92. The van der Waals surface area contributed by atoms with Crippen LogP contribution in [-0.2, 0) is 18.4 Å². The molecule has 1 aliphatic heterocycles. The maximum Gasteiger partial charge on any atom is 0.289 e. The number of furan rings is 1. The van der Waals surface area contributed by atoms with E-state index in [0.29, 0.717) is 12.3 Å². The number of nitrogens with two attached hydrogens (primary N) is 1. The normalized spacial score (nSPS) is 17.5. The van der Waals surface area contributed by atoms with Crippen LogP contribution in [0.2, 0.25) is 0 Å². The molecule has 2 heterocycles. The molecular formula is C25H26N2O2. The van der Waals surface area contributed by atoms with Gasteiger partial charge >= 0.3 is 0 Å². The van der Waals surface area contributed by atoms with E-state index in [-0.39, 0.29) is 11.3 Å². The van der Waals surface area contributed by atoms with E-state index in [4.69, 9.17) is 10.2 Å². The molecule has 0 unspecified atom stereocenters. The first kappa shape index (κ1) is 18.2. The van der Waals surface area contributed by atoms with Crippen molar-refractivity contribution in [3.63, 3.8) is 0 Å². The Bertz CT molecular complexity index is 1030. The lowest BCUT2D eigenvalue weighted by Crippen LogP contribution is -2.44. The van der Waals surface area contributed by atoms with Crippen LogP contribution in [0.3, 0.4) is 0 Å². The maximum absolute atomic E-state index is 13.0. The molecule has 0 bridgehead atoms. The summed E-state index contributed by atoms with van der Waals surface area (Å²) in [5.74, 6) is 1.16. The van der Waals surface area contributed by atoms with Crippen molar-refractivity contribution in [2.75, 3.05) is 13.1 Å². The number of likely N-dealkylation sites (tertiary alicyclic amines) is 1. The van der Waals surface area contributed by atoms with Gasteiger partial charge in [-0.3, -0.25) is 4.79 Å². The first-order valence-corrected chi connectivity index (χ1v) is 10.5. The van der Waals surface area contributed by atoms with Crippen LogP contribution in [0.1, 0.15) is 46.5 Å². The predicted molar refractivity (Wildman–Crippen MR) is 114 cm³/mol. The Kier molecular flexibility index (Phi) is 4.51. The number of fused-ring (bicyclic) bond motifs is 2. The van der Waals surface area contributed by atoms with E-state index in [1.54, 1.807) is 6.07 Å². The van der Waals surface area contributed by atoms with Gasteiger partial charge < -0.3 is 15.1 Å². The van der Waals surface area contributed by atoms with Gasteiger partial charge in [0, 0.05) is 25.2 Å². The van der Waals surface area contributed by atoms with Crippen molar-refractivity contribution in [3.05, 3.63) is 83.1 Å². The standard InChI is InChI=1S/C25H26N2O2/c26-17-18-6-7-19-10-11-25(21(19)16-18)12-14-27(15-13-25)24(28)23-9-8-22(29-23)20-4-2-1-3-5-20/h1-9,16H,10-15,17,26H2. The molecule has 1 spiro atoms. The highest BCUT2D eigenvalue weighted by Crippen LogP contribution is 2.46. The quantitative estimate of drug-likeness (QED) is 0.720. The minimum Gasteiger partial charge on any atom is -0.451 e. The molecule has 29 heavy (non-hydrogen) atoms. The molecule has 3 aromatic rings. The van der Waals surface area contributed by atoms with E-state index < -0.39 is 0 Å². The lowest BCUT2D eigenvalue weighted by atomic mass is 9.73. The van der Waals surface area contributed by atoms with E-state index in [1.165, 1.54) is 23.1 Å². The number of carbonyl (C=O) groups excluding carboxylic acids is 1. The number of aryl methyl sites for hydroxylation is 1. The second kappa shape index (κ2) is 7.20. The van der Waals surface area contributed by atoms with Crippen molar-refractivity contribution in [1.82, 2.24) is 4.90 Å². The Labute approximate surface area is 171 Å². The number of piperidine rings is 1. The molecule has 4 nitrogen and oxygen atoms in total. The van der Waals surface area contributed by atoms with Crippen molar-refractivity contribution in [1.29, 1.82) is 0 Å². The molecule has 1 amide bonds. The Hall–Kier alpha value is -2.85. The number of carbonyl (C=O) groups is 1. The second-order valence-electron chi connectivity index (χ2n) is 8.30. The van der Waals surface area contributed by atoms with Crippen LogP contribution in [0.25, 0.3) is 11.3 Å². The number of hydrogen-bond acceptors (Lipinski definition) is 3. The SMILES string of the molecule is NCc1ccc2c(c1)C1(CC2)CCN(C(=O)c2ccc(-c3ccccc3)o2)CC1. The molecule has 5 rings (SSSR count). The summed E-state index contributed by atoms with van der Waals surface area (Å²) in [5, 5.41) is 0. The second-order valence-corrected chi connectivity index (χ2v) is 8.30. The molecule has 1 aliphatic carbocycles. The molecule has 0 radical (unpaired) electrons. The summed E-state index contributed by atoms with van der Waals surface area (Å²) in [4.78, 5) is 15.0. The average Bonchev–Trinajstić information content (AvgIpc) is 3.40. The number of nitrogens with zero attached hydrogens (tertiary/aromatic N) is 1. The number of benzene rings is 2. The monoisotopic (exact) mass is 386 g/mol. The maximum atomic E-state index is 13.0. The first-order valence-electron chi connectivity index (χ1n) is 10.5. The lowest BCUT2D eigenvalue weighted by Gasteiger charge is -2.40. The third-order valence-corrected chi connectivity index (χ3v) is 6.74. The highest BCUT2D eigenvalue weighted by atomic mass is 16.4. The van der Waals surface area contributed by atoms with E-state index in [2.05, 4.69) is 18.2 Å². The van der Waals surface area contributed by atoms with Crippen molar-refractivity contribution < 1.29 is 9.21 Å². The number of amides is 1. The fourth-order valence-electron chi connectivity index (χ4n) is 4.99. The molecule has 1 fully saturated rings. The van der Waals surface area contributed by atoms with Crippen LogP contribution < -0.4 is 5.73 Å². The van der Waals surface area contributed by atoms with E-state index >= 15 is 0 Å². The number of hydrogen-bond donors (Lipinski definition) is 1. The van der Waals surface area contributed by atoms with Crippen LogP contribution in [0.4, 0.5) is 0 Å². The van der Waals surface area contributed by atoms with Gasteiger partial charge in [0.2, 0.25) is 0 Å². The van der Waals surface area contributed by atoms with Gasteiger partial charge in [-0.25, -0.2) is 0 Å². The van der Waals surface area contributed by atoms with E-state index in [9.17, 15) is 4.79 Å². The van der Waals surface area contributed by atoms with Gasteiger partial charge in [0.15, 0.2) is 5.76 Å². The van der Waals surface area contributed by atoms with Gasteiger partial charge in [0.05, 0.1) is 0 Å². The largest absolute Gasteiger partial charge is 0.451 e. The van der Waals surface area contributed by atoms with Crippen LogP contribution in [0.15, 0.2) is 65.1 Å². The molecule has 2 N–H and O–H groups in total. The van der Waals surface area contributed by atoms with Crippen LogP contribution in [0, 0.1) is 0 Å². The smallest absolute Gasteiger partial charge is 0.289 e. The molecule has 1 saturated heterocycles. The third-order valence-electron chi connectivity index (χ3n) is 6.74. The average molecular weight is 386 g/mol. The van der Waals surface area contributed by atoms with Crippen LogP contribution in [-0.4, -0.2) is 23.9 Å². The van der Waals surface area contributed by atoms with Gasteiger partial charge in [-0.2, -0.15) is 0 Å². The van der Waals surface area contributed by atoms with Crippen molar-refractivity contribution >= 4 is 5.91 Å². The minimum absolute atomic E-state index is 0.00374. The Balaban J connectivity index is 1.31. The summed E-state index contributed by atoms with van der Waals surface area (Å²) < 4.78 is 5.88. The van der Waals surface area contributed by atoms with Gasteiger partial charge in [-0.1, -0.05) is 48.5 Å². The zero-order valence-corrected chi connectivity index (χ0v) is 16.6. The van der Waals surface area contributed by atoms with Crippen LogP contribution >= 0.6 is 0 Å². The van der Waals surface area contributed by atoms with Gasteiger partial charge in [0.1, 0.15) is 5.76 Å². The molecule has 4 heteroatoms. The van der Waals surface area contributed by atoms with Crippen molar-refractivity contribution in [2.24, 2.45) is 5.73 Å². The molecule has 2 aromatic carbocycles. The lowest BCUT2D eigenvalue weighted by molar-refractivity contribution is 0.0635. The van der Waals surface area contributed by atoms with Crippen molar-refractivity contribution in [2.45, 2.75) is 37.6 Å². The summed E-state index contributed by atoms with van der Waals surface area (Å²) in [5.41, 5.74) is 11.2.